The molecule has 10 nitrogen and oxygen atoms in total. The lowest BCUT2D eigenvalue weighted by atomic mass is 9.88. The van der Waals surface area contributed by atoms with Crippen LogP contribution in [0.1, 0.15) is 87.4 Å². The second kappa shape index (κ2) is 17.5. The van der Waals surface area contributed by atoms with Crippen LogP contribution in [-0.2, 0) is 9.59 Å². The van der Waals surface area contributed by atoms with Crippen molar-refractivity contribution in [2.24, 2.45) is 5.92 Å². The van der Waals surface area contributed by atoms with E-state index in [2.05, 4.69) is 53.5 Å². The van der Waals surface area contributed by atoms with Gasteiger partial charge in [-0.3, -0.25) is 39.2 Å². The van der Waals surface area contributed by atoms with Gasteiger partial charge in [0.15, 0.2) is 0 Å². The summed E-state index contributed by atoms with van der Waals surface area (Å²) in [6.07, 6.45) is 1.43. The van der Waals surface area contributed by atoms with Gasteiger partial charge in [-0.1, -0.05) is 79.7 Å². The molecule has 1 unspecified atom stereocenters. The molecule has 4 amide bonds. The molecule has 0 aromatic heterocycles. The van der Waals surface area contributed by atoms with Crippen LogP contribution in [-0.4, -0.2) is 103 Å². The molecule has 4 aromatic carbocycles. The number of rotatable bonds is 12. The number of imide groups is 2. The largest absolute Gasteiger partial charge is 0.492 e. The maximum atomic E-state index is 16.1. The topological polar surface area (TPSA) is 102 Å². The number of benzene rings is 4. The SMILES string of the molecule is [2H]C1([2H])N(CC2CCN(CCOc3ccc(C(=C(CC)c4ccccc4)c4ccccc4)cc3)CC2)C([2H])([2H])C([2H])([2H])N(c2cc3c(cc2F)C(=O)N(C2CCC(=O)NC2=O)C3=O)C1([2H])[2H]. The lowest BCUT2D eigenvalue weighted by Crippen LogP contribution is -2.54. The van der Waals surface area contributed by atoms with Crippen LogP contribution in [0.2, 0.25) is 0 Å². The average molecular weight is 792 g/mol. The molecule has 1 atom stereocenters. The first kappa shape index (κ1) is 30.4. The van der Waals surface area contributed by atoms with Crippen LogP contribution in [0.5, 0.6) is 5.75 Å². The molecule has 4 aromatic rings. The Bertz CT molecular complexity index is 2530. The molecule has 4 aliphatic rings. The Labute approximate surface area is 350 Å². The van der Waals surface area contributed by atoms with Crippen LogP contribution in [0.25, 0.3) is 11.1 Å². The highest BCUT2D eigenvalue weighted by Gasteiger charge is 2.45. The number of piperazine rings is 1. The van der Waals surface area contributed by atoms with Crippen molar-refractivity contribution in [1.29, 1.82) is 0 Å². The Hall–Kier alpha value is -5.65. The van der Waals surface area contributed by atoms with Crippen molar-refractivity contribution in [3.63, 3.8) is 0 Å². The zero-order valence-electron chi connectivity index (χ0n) is 40.2. The van der Waals surface area contributed by atoms with Crippen molar-refractivity contribution in [2.75, 3.05) is 63.7 Å². The van der Waals surface area contributed by atoms with E-state index in [9.17, 15) is 19.2 Å². The molecule has 3 fully saturated rings. The number of amides is 4. The third-order valence-corrected chi connectivity index (χ3v) is 11.1. The minimum atomic E-state index is -3.44. The Morgan fingerprint density at radius 2 is 1.40 bits per heavy atom. The zero-order chi connectivity index (χ0) is 47.3. The van der Waals surface area contributed by atoms with Gasteiger partial charge in [0.05, 0.1) is 22.3 Å². The summed E-state index contributed by atoms with van der Waals surface area (Å²) in [5, 5.41) is 2.05. The van der Waals surface area contributed by atoms with Crippen molar-refractivity contribution < 1.29 is 39.3 Å². The molecule has 4 heterocycles. The molecule has 0 radical (unpaired) electrons. The van der Waals surface area contributed by atoms with Crippen LogP contribution in [0.4, 0.5) is 10.1 Å². The molecule has 0 spiro atoms. The number of allylic oxidation sites excluding steroid dienone is 1. The lowest BCUT2D eigenvalue weighted by Gasteiger charge is -2.39. The van der Waals surface area contributed by atoms with E-state index in [0.29, 0.717) is 66.8 Å². The molecule has 11 heteroatoms. The fraction of sp³-hybridized carbons (Fsp3) is 0.362. The summed E-state index contributed by atoms with van der Waals surface area (Å²) in [5.74, 6) is -4.72. The number of carbonyl (C=O) groups excluding carboxylic acids is 4. The van der Waals surface area contributed by atoms with Gasteiger partial charge in [-0.15, -0.1) is 0 Å². The highest BCUT2D eigenvalue weighted by atomic mass is 19.1. The Morgan fingerprint density at radius 1 is 0.776 bits per heavy atom. The summed E-state index contributed by atoms with van der Waals surface area (Å²) < 4.78 is 94.1. The second-order valence-electron chi connectivity index (χ2n) is 14.8. The molecule has 4 aliphatic heterocycles. The molecule has 0 saturated carbocycles. The van der Waals surface area contributed by atoms with Gasteiger partial charge in [0.25, 0.3) is 11.8 Å². The van der Waals surface area contributed by atoms with E-state index in [4.69, 9.17) is 15.7 Å². The number of piperidine rings is 2. The van der Waals surface area contributed by atoms with E-state index < -0.39 is 78.3 Å². The highest BCUT2D eigenvalue weighted by Crippen LogP contribution is 2.36. The van der Waals surface area contributed by atoms with Gasteiger partial charge in [0, 0.05) is 51.0 Å². The average Bonchev–Trinajstić information content (AvgIpc) is 3.52. The number of likely N-dealkylation sites (tertiary alicyclic amines) is 1. The number of fused-ring (bicyclic) bond motifs is 1. The lowest BCUT2D eigenvalue weighted by molar-refractivity contribution is -0.136. The first-order valence-electron chi connectivity index (χ1n) is 23.7. The van der Waals surface area contributed by atoms with Crippen LogP contribution in [0.3, 0.4) is 0 Å². The van der Waals surface area contributed by atoms with E-state index in [1.165, 1.54) is 5.57 Å². The Balaban J connectivity index is 0.915. The Morgan fingerprint density at radius 3 is 2.03 bits per heavy atom. The molecular weight excluding hydrogens is 734 g/mol. The first-order chi connectivity index (χ1) is 31.3. The van der Waals surface area contributed by atoms with Crippen LogP contribution < -0.4 is 15.0 Å². The normalized spacial score (nSPS) is 25.4. The zero-order valence-corrected chi connectivity index (χ0v) is 32.2. The summed E-state index contributed by atoms with van der Waals surface area (Å²) >= 11 is 0. The van der Waals surface area contributed by atoms with Gasteiger partial charge < -0.3 is 9.64 Å². The fourth-order valence-electron chi connectivity index (χ4n) is 8.08. The van der Waals surface area contributed by atoms with E-state index >= 15 is 4.39 Å². The maximum Gasteiger partial charge on any atom is 0.262 e. The predicted octanol–water partition coefficient (Wildman–Crippen LogP) is 6.51. The molecule has 3 saturated heterocycles. The van der Waals surface area contributed by atoms with Gasteiger partial charge in [-0.2, -0.15) is 0 Å². The minimum Gasteiger partial charge on any atom is -0.492 e. The molecule has 58 heavy (non-hydrogen) atoms. The second-order valence-corrected chi connectivity index (χ2v) is 14.8. The fourth-order valence-corrected chi connectivity index (χ4v) is 8.08. The number of nitrogens with zero attached hydrogens (tertiary/aromatic N) is 4. The summed E-state index contributed by atoms with van der Waals surface area (Å²) in [6, 6.07) is 28.5. The number of carbonyl (C=O) groups is 4. The molecule has 1 N–H and O–H groups in total. The first-order valence-corrected chi connectivity index (χ1v) is 19.7. The number of nitrogens with one attached hydrogen (secondary N) is 1. The van der Waals surface area contributed by atoms with E-state index in [-0.39, 0.29) is 30.2 Å². The number of anilines is 1. The minimum absolute atomic E-state index is 0.0285. The molecular formula is C47H50FN5O5. The van der Waals surface area contributed by atoms with Crippen molar-refractivity contribution in [2.45, 2.75) is 45.1 Å². The summed E-state index contributed by atoms with van der Waals surface area (Å²) in [7, 11) is 0. The van der Waals surface area contributed by atoms with E-state index in [0.717, 1.165) is 28.7 Å². The summed E-state index contributed by atoms with van der Waals surface area (Å²) in [4.78, 5) is 54.4. The standard InChI is InChI=1S/C47H50FN5O5/c1-2-37(33-9-5-3-6-10-33)44(34-11-7-4-8-12-34)35-13-15-36(16-14-35)58-28-27-50-21-19-32(20-22-50)31-51-23-25-52(26-24-51)42-30-39-38(29-40(42)48)46(56)53(47(39)57)41-17-18-43(54)49-45(41)55/h3-16,29-30,32,41H,2,17-28,31H2,1H3,(H,49,54,55)/i23D2,24D2,25D2,26D2. The van der Waals surface area contributed by atoms with Gasteiger partial charge in [0.2, 0.25) is 11.8 Å². The molecule has 300 valence electrons. The van der Waals surface area contributed by atoms with E-state index in [1.54, 1.807) is 0 Å². The molecule has 0 bridgehead atoms. The van der Waals surface area contributed by atoms with Crippen LogP contribution >= 0.6 is 0 Å². The quantitative estimate of drug-likeness (QED) is 0.128. The van der Waals surface area contributed by atoms with Gasteiger partial charge in [0.1, 0.15) is 24.2 Å². The molecule has 0 aliphatic carbocycles. The summed E-state index contributed by atoms with van der Waals surface area (Å²) in [5.41, 5.74) is 3.73. The van der Waals surface area contributed by atoms with Gasteiger partial charge in [-0.05, 0) is 96.8 Å². The highest BCUT2D eigenvalue weighted by molar-refractivity contribution is 6.23. The van der Waals surface area contributed by atoms with Crippen LogP contribution in [0, 0.1) is 11.7 Å². The van der Waals surface area contributed by atoms with Gasteiger partial charge >= 0.3 is 0 Å². The molecule has 8 rings (SSSR count). The predicted molar refractivity (Wildman–Crippen MR) is 222 cm³/mol. The van der Waals surface area contributed by atoms with E-state index in [1.807, 2.05) is 48.5 Å². The summed E-state index contributed by atoms with van der Waals surface area (Å²) in [6.45, 7) is -9.54. The number of hydrogen-bond donors (Lipinski definition) is 1. The Kier molecular flexibility index (Phi) is 9.16. The third kappa shape index (κ3) is 8.33. The number of ether oxygens (including phenoxy) is 1. The third-order valence-electron chi connectivity index (χ3n) is 11.1. The van der Waals surface area contributed by atoms with Crippen LogP contribution in [0.15, 0.2) is 97.1 Å². The number of hydrogen-bond acceptors (Lipinski definition) is 8. The number of halogens is 1. The maximum absolute atomic E-state index is 16.1. The van der Waals surface area contributed by atoms with Crippen molar-refractivity contribution in [1.82, 2.24) is 20.0 Å². The van der Waals surface area contributed by atoms with Gasteiger partial charge in [-0.25, -0.2) is 4.39 Å². The monoisotopic (exact) mass is 791 g/mol. The smallest absolute Gasteiger partial charge is 0.262 e. The van der Waals surface area contributed by atoms with Crippen molar-refractivity contribution in [3.8, 4) is 5.75 Å². The van der Waals surface area contributed by atoms with Crippen molar-refractivity contribution >= 4 is 40.5 Å². The van der Waals surface area contributed by atoms with Crippen molar-refractivity contribution in [3.05, 3.63) is 131 Å².